The van der Waals surface area contributed by atoms with E-state index in [0.717, 1.165) is 48.2 Å². The number of carboxylic acids is 2. The summed E-state index contributed by atoms with van der Waals surface area (Å²) in [4.78, 5) is 25.7. The van der Waals surface area contributed by atoms with Gasteiger partial charge < -0.3 is 10.2 Å². The summed E-state index contributed by atoms with van der Waals surface area (Å²) in [6.07, 6.45) is 2.61. The summed E-state index contributed by atoms with van der Waals surface area (Å²) in [5.41, 5.74) is 2.10. The van der Waals surface area contributed by atoms with E-state index in [2.05, 4.69) is 16.9 Å². The summed E-state index contributed by atoms with van der Waals surface area (Å²) in [6, 6.07) is 7.61. The highest BCUT2D eigenvalue weighted by Crippen LogP contribution is 2.33. The highest BCUT2D eigenvalue weighted by Gasteiger charge is 2.30. The molecule has 0 saturated carbocycles. The van der Waals surface area contributed by atoms with Crippen molar-refractivity contribution in [3.63, 3.8) is 0 Å². The summed E-state index contributed by atoms with van der Waals surface area (Å²) >= 11 is 0. The number of likely N-dealkylation sites (tertiary alicyclic amines) is 1. The zero-order chi connectivity index (χ0) is 22.3. The molecule has 2 aromatic rings. The van der Waals surface area contributed by atoms with E-state index in [1.807, 2.05) is 12.3 Å². The second-order valence-electron chi connectivity index (χ2n) is 6.73. The number of halogens is 3. The number of carboxylic acid groups (broad SMARTS) is 2. The van der Waals surface area contributed by atoms with Gasteiger partial charge in [0.2, 0.25) is 0 Å². The number of aliphatic carboxylic acids is 2. The normalized spacial score (nSPS) is 16.9. The molecule has 9 heteroatoms. The number of rotatable bonds is 4. The van der Waals surface area contributed by atoms with Crippen molar-refractivity contribution in [3.05, 3.63) is 66.0 Å². The van der Waals surface area contributed by atoms with E-state index in [1.165, 1.54) is 12.1 Å². The van der Waals surface area contributed by atoms with Gasteiger partial charge in [0.1, 0.15) is 0 Å². The van der Waals surface area contributed by atoms with Crippen LogP contribution in [-0.2, 0) is 15.8 Å². The Morgan fingerprint density at radius 1 is 1.07 bits per heavy atom. The maximum atomic E-state index is 12.6. The fourth-order valence-electron chi connectivity index (χ4n) is 3.12. The Kier molecular flexibility index (Phi) is 7.71. The van der Waals surface area contributed by atoms with Gasteiger partial charge in [0, 0.05) is 36.2 Å². The van der Waals surface area contributed by atoms with Crippen LogP contribution in [0.4, 0.5) is 13.2 Å². The molecule has 0 radical (unpaired) electrons. The predicted molar refractivity (Wildman–Crippen MR) is 104 cm³/mol. The molecule has 1 atom stereocenters. The molecule has 0 bridgehead atoms. The van der Waals surface area contributed by atoms with Crippen LogP contribution in [-0.4, -0.2) is 45.6 Å². The number of alkyl halides is 3. The van der Waals surface area contributed by atoms with Gasteiger partial charge >= 0.3 is 18.1 Å². The molecule has 1 aliphatic rings. The number of benzene rings is 1. The first-order valence-corrected chi connectivity index (χ1v) is 9.04. The average molecular weight is 422 g/mol. The Morgan fingerprint density at radius 2 is 1.67 bits per heavy atom. The highest BCUT2D eigenvalue weighted by molar-refractivity contribution is 5.89. The van der Waals surface area contributed by atoms with Crippen molar-refractivity contribution in [1.82, 2.24) is 9.88 Å². The molecule has 1 unspecified atom stereocenters. The minimum absolute atomic E-state index is 0.349. The Morgan fingerprint density at radius 3 is 2.13 bits per heavy atom. The maximum absolute atomic E-state index is 12.6. The van der Waals surface area contributed by atoms with Crippen LogP contribution in [0.5, 0.6) is 0 Å². The van der Waals surface area contributed by atoms with Gasteiger partial charge in [0.15, 0.2) is 0 Å². The quantitative estimate of drug-likeness (QED) is 0.716. The zero-order valence-electron chi connectivity index (χ0n) is 16.1. The Hall–Kier alpha value is -3.20. The summed E-state index contributed by atoms with van der Waals surface area (Å²) in [6.45, 7) is 1.06. The van der Waals surface area contributed by atoms with Gasteiger partial charge in [-0.1, -0.05) is 12.1 Å². The molecule has 30 heavy (non-hydrogen) atoms. The third kappa shape index (κ3) is 6.70. The van der Waals surface area contributed by atoms with E-state index in [-0.39, 0.29) is 0 Å². The number of hydrogen-bond donors (Lipinski definition) is 2. The van der Waals surface area contributed by atoms with Crippen molar-refractivity contribution in [2.45, 2.75) is 25.1 Å². The minimum atomic E-state index is -4.30. The highest BCUT2D eigenvalue weighted by atomic mass is 19.4. The van der Waals surface area contributed by atoms with E-state index < -0.39 is 23.7 Å². The third-order valence-electron chi connectivity index (χ3n) is 4.58. The molecule has 0 aliphatic carbocycles. The minimum Gasteiger partial charge on any atom is -0.478 e. The molecule has 0 spiro atoms. The summed E-state index contributed by atoms with van der Waals surface area (Å²) in [5.74, 6) is -2.51. The largest absolute Gasteiger partial charge is 0.478 e. The summed E-state index contributed by atoms with van der Waals surface area (Å²) in [5, 5.41) is 15.6. The Bertz CT molecular complexity index is 895. The van der Waals surface area contributed by atoms with Crippen molar-refractivity contribution < 1.29 is 33.0 Å². The van der Waals surface area contributed by atoms with Gasteiger partial charge in [0.05, 0.1) is 5.56 Å². The molecule has 1 aromatic carbocycles. The molecule has 6 nitrogen and oxygen atoms in total. The van der Waals surface area contributed by atoms with E-state index in [9.17, 15) is 22.8 Å². The molecular weight excluding hydrogens is 401 g/mol. The second kappa shape index (κ2) is 10.0. The van der Waals surface area contributed by atoms with Crippen molar-refractivity contribution in [2.24, 2.45) is 0 Å². The van der Waals surface area contributed by atoms with Crippen LogP contribution in [0.15, 0.2) is 54.9 Å². The fraction of sp³-hybridized carbons (Fsp3) is 0.286. The summed E-state index contributed by atoms with van der Waals surface area (Å²) in [7, 11) is 2.09. The van der Waals surface area contributed by atoms with Gasteiger partial charge in [-0.2, -0.15) is 13.2 Å². The van der Waals surface area contributed by atoms with Gasteiger partial charge in [-0.15, -0.1) is 0 Å². The Balaban J connectivity index is 0.000000343. The first-order valence-electron chi connectivity index (χ1n) is 9.04. The van der Waals surface area contributed by atoms with Crippen LogP contribution in [0, 0.1) is 0 Å². The second-order valence-corrected chi connectivity index (χ2v) is 6.73. The lowest BCUT2D eigenvalue weighted by molar-refractivity contribution is -0.137. The van der Waals surface area contributed by atoms with Crippen LogP contribution < -0.4 is 0 Å². The molecule has 2 heterocycles. The number of aromatic nitrogens is 1. The standard InChI is InChI=1S/C17H17F3N2.C4H4O4/c1-22-8-2-3-16(22)14-9-13(10-21-11-14)12-4-6-15(7-5-12)17(18,19)20;5-3(6)1-2-4(7)8/h4-7,9-11,16H,2-3,8H2,1H3;1-2H,(H,5,6)(H,7,8)/b;2-1+. The Labute approximate surface area is 171 Å². The molecule has 1 aliphatic heterocycles. The van der Waals surface area contributed by atoms with Crippen LogP contribution in [0.25, 0.3) is 11.1 Å². The smallest absolute Gasteiger partial charge is 0.416 e. The maximum Gasteiger partial charge on any atom is 0.416 e. The molecule has 1 saturated heterocycles. The van der Waals surface area contributed by atoms with Gasteiger partial charge in [-0.3, -0.25) is 9.88 Å². The predicted octanol–water partition coefficient (Wildman–Crippen LogP) is 4.25. The van der Waals surface area contributed by atoms with Gasteiger partial charge in [0.25, 0.3) is 0 Å². The third-order valence-corrected chi connectivity index (χ3v) is 4.58. The molecule has 2 N–H and O–H groups in total. The van der Waals surface area contributed by atoms with Crippen molar-refractivity contribution in [1.29, 1.82) is 0 Å². The average Bonchev–Trinajstić information content (AvgIpc) is 3.12. The molecule has 0 amide bonds. The molecular formula is C21H21F3N2O4. The van der Waals surface area contributed by atoms with Crippen LogP contribution in [0.2, 0.25) is 0 Å². The topological polar surface area (TPSA) is 90.7 Å². The molecule has 1 fully saturated rings. The number of pyridine rings is 1. The van der Waals surface area contributed by atoms with Crippen molar-refractivity contribution >= 4 is 11.9 Å². The van der Waals surface area contributed by atoms with E-state index in [4.69, 9.17) is 10.2 Å². The van der Waals surface area contributed by atoms with E-state index in [0.29, 0.717) is 18.2 Å². The van der Waals surface area contributed by atoms with E-state index in [1.54, 1.807) is 6.20 Å². The lowest BCUT2D eigenvalue weighted by Crippen LogP contribution is -2.17. The zero-order valence-corrected chi connectivity index (χ0v) is 16.1. The molecule has 160 valence electrons. The number of nitrogens with zero attached hydrogens (tertiary/aromatic N) is 2. The molecule has 3 rings (SSSR count). The molecule has 1 aromatic heterocycles. The van der Waals surface area contributed by atoms with Crippen LogP contribution in [0.3, 0.4) is 0 Å². The van der Waals surface area contributed by atoms with Gasteiger partial charge in [-0.05, 0) is 55.8 Å². The number of hydrogen-bond acceptors (Lipinski definition) is 4. The first kappa shape index (κ1) is 23.1. The number of carbonyl (C=O) groups is 2. The van der Waals surface area contributed by atoms with E-state index >= 15 is 0 Å². The monoisotopic (exact) mass is 422 g/mol. The fourth-order valence-corrected chi connectivity index (χ4v) is 3.12. The first-order chi connectivity index (χ1) is 14.1. The van der Waals surface area contributed by atoms with Gasteiger partial charge in [-0.25, -0.2) is 9.59 Å². The SMILES string of the molecule is CN1CCCC1c1cncc(-c2ccc(C(F)(F)F)cc2)c1.O=C(O)/C=C/C(=O)O. The van der Waals surface area contributed by atoms with Crippen molar-refractivity contribution in [2.75, 3.05) is 13.6 Å². The lowest BCUT2D eigenvalue weighted by atomic mass is 10.0. The van der Waals surface area contributed by atoms with Crippen LogP contribution >= 0.6 is 0 Å². The van der Waals surface area contributed by atoms with Crippen molar-refractivity contribution in [3.8, 4) is 11.1 Å². The van der Waals surface area contributed by atoms with Crippen LogP contribution in [0.1, 0.15) is 30.0 Å². The summed E-state index contributed by atoms with van der Waals surface area (Å²) < 4.78 is 37.8. The lowest BCUT2D eigenvalue weighted by Gasteiger charge is -2.20.